The quantitative estimate of drug-likeness (QED) is 0.457. The lowest BCUT2D eigenvalue weighted by Gasteiger charge is -2.28. The van der Waals surface area contributed by atoms with E-state index in [9.17, 15) is 9.50 Å². The van der Waals surface area contributed by atoms with Crippen molar-refractivity contribution in [3.8, 4) is 17.1 Å². The first-order chi connectivity index (χ1) is 13.9. The summed E-state index contributed by atoms with van der Waals surface area (Å²) in [6, 6.07) is 7.38. The molecular weight excluding hydrogens is 377 g/mol. The SMILES string of the molecule is CC(C)(Nc1ccc2ncc(-c3cn(CCO)nn3)n2n1)c1cc(F)ccc1O. The van der Waals surface area contributed by atoms with E-state index in [0.717, 1.165) is 0 Å². The lowest BCUT2D eigenvalue weighted by molar-refractivity contribution is 0.268. The molecule has 4 aromatic rings. The molecule has 9 nitrogen and oxygen atoms in total. The normalized spacial score (nSPS) is 11.9. The highest BCUT2D eigenvalue weighted by Crippen LogP contribution is 2.32. The second-order valence-electron chi connectivity index (χ2n) is 7.13. The third-order valence-corrected chi connectivity index (χ3v) is 4.57. The van der Waals surface area contributed by atoms with E-state index < -0.39 is 11.4 Å². The molecule has 0 saturated carbocycles. The Balaban J connectivity index is 1.69. The Morgan fingerprint density at radius 3 is 2.83 bits per heavy atom. The van der Waals surface area contributed by atoms with Crippen LogP contribution in [0.1, 0.15) is 19.4 Å². The fourth-order valence-electron chi connectivity index (χ4n) is 3.14. The number of imidazole rings is 1. The van der Waals surface area contributed by atoms with Crippen molar-refractivity contribution in [2.75, 3.05) is 11.9 Å². The average Bonchev–Trinajstić information content (AvgIpc) is 3.30. The molecule has 4 rings (SSSR count). The molecule has 0 radical (unpaired) electrons. The standard InChI is InChI=1S/C19H20FN7O2/c1-19(2,13-9-12(20)3-4-16(13)29)22-17-5-6-18-21-10-15(27(18)24-17)14-11-26(7-8-28)25-23-14/h3-6,9-11,28-29H,7-8H2,1-2H3,(H,22,24). The van der Waals surface area contributed by atoms with Gasteiger partial charge in [0.2, 0.25) is 0 Å². The van der Waals surface area contributed by atoms with Crippen LogP contribution >= 0.6 is 0 Å². The predicted molar refractivity (Wildman–Crippen MR) is 104 cm³/mol. The van der Waals surface area contributed by atoms with Gasteiger partial charge in [-0.05, 0) is 44.2 Å². The van der Waals surface area contributed by atoms with Crippen molar-refractivity contribution in [3.63, 3.8) is 0 Å². The summed E-state index contributed by atoms with van der Waals surface area (Å²) in [5.74, 6) is 0.0703. The van der Waals surface area contributed by atoms with Gasteiger partial charge in [0, 0.05) is 5.56 Å². The number of nitrogens with zero attached hydrogens (tertiary/aromatic N) is 6. The van der Waals surface area contributed by atoms with Crippen molar-refractivity contribution in [1.29, 1.82) is 0 Å². The summed E-state index contributed by atoms with van der Waals surface area (Å²) in [5.41, 5.74) is 1.44. The number of benzene rings is 1. The monoisotopic (exact) mass is 397 g/mol. The highest BCUT2D eigenvalue weighted by Gasteiger charge is 2.25. The van der Waals surface area contributed by atoms with Gasteiger partial charge in [0.05, 0.1) is 31.1 Å². The third kappa shape index (κ3) is 3.61. The van der Waals surface area contributed by atoms with Crippen LogP contribution in [0.4, 0.5) is 10.2 Å². The summed E-state index contributed by atoms with van der Waals surface area (Å²) < 4.78 is 16.8. The van der Waals surface area contributed by atoms with Crippen LogP contribution in [-0.2, 0) is 12.1 Å². The molecule has 0 bridgehead atoms. The average molecular weight is 397 g/mol. The molecule has 0 amide bonds. The van der Waals surface area contributed by atoms with E-state index in [0.29, 0.717) is 35.0 Å². The summed E-state index contributed by atoms with van der Waals surface area (Å²) in [5, 5.41) is 35.1. The lowest BCUT2D eigenvalue weighted by Crippen LogP contribution is -2.29. The van der Waals surface area contributed by atoms with Crippen LogP contribution in [0.25, 0.3) is 17.0 Å². The molecule has 0 spiro atoms. The smallest absolute Gasteiger partial charge is 0.154 e. The van der Waals surface area contributed by atoms with E-state index in [1.54, 1.807) is 29.0 Å². The zero-order valence-electron chi connectivity index (χ0n) is 15.9. The minimum atomic E-state index is -0.794. The van der Waals surface area contributed by atoms with Gasteiger partial charge in [0.15, 0.2) is 5.65 Å². The molecular formula is C19H20FN7O2. The zero-order chi connectivity index (χ0) is 20.6. The predicted octanol–water partition coefficient (Wildman–Crippen LogP) is 2.17. The molecule has 0 saturated heterocycles. The van der Waals surface area contributed by atoms with Crippen molar-refractivity contribution >= 4 is 11.5 Å². The van der Waals surface area contributed by atoms with E-state index in [1.807, 2.05) is 13.8 Å². The highest BCUT2D eigenvalue weighted by atomic mass is 19.1. The van der Waals surface area contributed by atoms with E-state index in [2.05, 4.69) is 25.7 Å². The molecule has 0 aliphatic heterocycles. The summed E-state index contributed by atoms with van der Waals surface area (Å²) in [4.78, 5) is 4.33. The minimum Gasteiger partial charge on any atom is -0.508 e. The molecule has 0 aliphatic carbocycles. The Labute approximate surface area is 165 Å². The first-order valence-electron chi connectivity index (χ1n) is 9.01. The summed E-state index contributed by atoms with van der Waals surface area (Å²) in [7, 11) is 0. The molecule has 1 aromatic carbocycles. The van der Waals surface area contributed by atoms with Crippen LogP contribution in [0, 0.1) is 5.82 Å². The second kappa shape index (κ2) is 7.13. The maximum absolute atomic E-state index is 13.7. The molecule has 0 atom stereocenters. The summed E-state index contributed by atoms with van der Waals surface area (Å²) >= 11 is 0. The maximum atomic E-state index is 13.7. The third-order valence-electron chi connectivity index (χ3n) is 4.57. The summed E-state index contributed by atoms with van der Waals surface area (Å²) in [6.45, 7) is 3.95. The molecule has 150 valence electrons. The van der Waals surface area contributed by atoms with E-state index >= 15 is 0 Å². The number of halogens is 1. The number of phenols is 1. The second-order valence-corrected chi connectivity index (χ2v) is 7.13. The number of aromatic hydroxyl groups is 1. The molecule has 3 heterocycles. The summed E-state index contributed by atoms with van der Waals surface area (Å²) in [6.07, 6.45) is 3.35. The van der Waals surface area contributed by atoms with Crippen molar-refractivity contribution < 1.29 is 14.6 Å². The molecule has 29 heavy (non-hydrogen) atoms. The number of anilines is 1. The number of phenolic OH excluding ortho intramolecular Hbond substituents is 1. The van der Waals surface area contributed by atoms with Crippen molar-refractivity contribution in [2.45, 2.75) is 25.9 Å². The van der Waals surface area contributed by atoms with Gasteiger partial charge in [-0.2, -0.15) is 0 Å². The maximum Gasteiger partial charge on any atom is 0.154 e. The van der Waals surface area contributed by atoms with Gasteiger partial charge in [-0.3, -0.25) is 0 Å². The number of aromatic nitrogens is 6. The van der Waals surface area contributed by atoms with Crippen molar-refractivity contribution in [2.24, 2.45) is 0 Å². The topological polar surface area (TPSA) is 113 Å². The first-order valence-corrected chi connectivity index (χ1v) is 9.01. The molecule has 3 N–H and O–H groups in total. The van der Waals surface area contributed by atoms with Crippen molar-refractivity contribution in [1.82, 2.24) is 29.6 Å². The van der Waals surface area contributed by atoms with Gasteiger partial charge < -0.3 is 15.5 Å². The number of aliphatic hydroxyl groups is 1. The van der Waals surface area contributed by atoms with Gasteiger partial charge in [-0.15, -0.1) is 10.2 Å². The number of hydrogen-bond acceptors (Lipinski definition) is 7. The highest BCUT2D eigenvalue weighted by molar-refractivity contribution is 5.59. The van der Waals surface area contributed by atoms with E-state index in [1.165, 1.54) is 22.9 Å². The molecule has 0 fully saturated rings. The lowest BCUT2D eigenvalue weighted by atomic mass is 9.93. The Hall–Kier alpha value is -3.53. The van der Waals surface area contributed by atoms with Crippen molar-refractivity contribution in [3.05, 3.63) is 54.1 Å². The van der Waals surface area contributed by atoms with E-state index in [-0.39, 0.29) is 12.4 Å². The Morgan fingerprint density at radius 2 is 2.03 bits per heavy atom. The molecule has 10 heteroatoms. The van der Waals surface area contributed by atoms with Gasteiger partial charge in [-0.25, -0.2) is 18.6 Å². The van der Waals surface area contributed by atoms with Crippen LogP contribution in [0.2, 0.25) is 0 Å². The first kappa shape index (κ1) is 18.8. The van der Waals surface area contributed by atoms with Crippen LogP contribution in [-0.4, -0.2) is 46.4 Å². The van der Waals surface area contributed by atoms with Gasteiger partial charge in [-0.1, -0.05) is 5.21 Å². The van der Waals surface area contributed by atoms with Crippen LogP contribution in [0.15, 0.2) is 42.7 Å². The number of aliphatic hydroxyl groups excluding tert-OH is 1. The molecule has 0 unspecified atom stereocenters. The molecule has 3 aromatic heterocycles. The molecule has 0 aliphatic rings. The Morgan fingerprint density at radius 1 is 1.21 bits per heavy atom. The number of nitrogens with one attached hydrogen (secondary N) is 1. The van der Waals surface area contributed by atoms with Crippen LogP contribution in [0.3, 0.4) is 0 Å². The number of hydrogen-bond donors (Lipinski definition) is 3. The van der Waals surface area contributed by atoms with Crippen LogP contribution in [0.5, 0.6) is 5.75 Å². The largest absolute Gasteiger partial charge is 0.508 e. The fourth-order valence-corrected chi connectivity index (χ4v) is 3.14. The number of rotatable bonds is 6. The zero-order valence-corrected chi connectivity index (χ0v) is 15.9. The Bertz CT molecular complexity index is 1170. The number of fused-ring (bicyclic) bond motifs is 1. The Kier molecular flexibility index (Phi) is 4.63. The van der Waals surface area contributed by atoms with Gasteiger partial charge in [0.1, 0.15) is 28.8 Å². The van der Waals surface area contributed by atoms with E-state index in [4.69, 9.17) is 5.11 Å². The fraction of sp³-hybridized carbons (Fsp3) is 0.263. The minimum absolute atomic E-state index is 0.00574. The van der Waals surface area contributed by atoms with Crippen LogP contribution < -0.4 is 5.32 Å². The van der Waals surface area contributed by atoms with Gasteiger partial charge >= 0.3 is 0 Å². The van der Waals surface area contributed by atoms with Gasteiger partial charge in [0.25, 0.3) is 0 Å².